The fraction of sp³-hybridized carbons (Fsp3) is 0.0667. The highest BCUT2D eigenvalue weighted by Gasteiger charge is 2.08. The molecule has 0 bridgehead atoms. The van der Waals surface area contributed by atoms with Gasteiger partial charge in [0.1, 0.15) is 5.52 Å². The van der Waals surface area contributed by atoms with Gasteiger partial charge >= 0.3 is 0 Å². The van der Waals surface area contributed by atoms with E-state index < -0.39 is 0 Å². The van der Waals surface area contributed by atoms with Crippen molar-refractivity contribution in [2.75, 3.05) is 11.6 Å². The molecule has 0 fully saturated rings. The number of rotatable bonds is 4. The maximum absolute atomic E-state index is 12.0. The van der Waals surface area contributed by atoms with E-state index in [2.05, 4.69) is 20.3 Å². The monoisotopic (exact) mass is 362 g/mol. The summed E-state index contributed by atoms with van der Waals surface area (Å²) in [4.78, 5) is 24.6. The molecule has 0 aliphatic heterocycles. The summed E-state index contributed by atoms with van der Waals surface area (Å²) in [5, 5.41) is 4.50. The Morgan fingerprint density at radius 2 is 2.13 bits per heavy atom. The lowest BCUT2D eigenvalue weighted by Gasteiger charge is -1.96. The van der Waals surface area contributed by atoms with Crippen molar-refractivity contribution in [3.05, 3.63) is 47.3 Å². The van der Waals surface area contributed by atoms with Crippen LogP contribution in [-0.4, -0.2) is 27.1 Å². The maximum Gasteiger partial charge on any atom is 0.250 e. The molecule has 2 aromatic heterocycles. The molecule has 3 rings (SSSR count). The molecule has 0 saturated heterocycles. The van der Waals surface area contributed by atoms with E-state index >= 15 is 0 Å². The molecule has 0 unspecified atom stereocenters. The van der Waals surface area contributed by atoms with Gasteiger partial charge in [-0.25, -0.2) is 15.0 Å². The third-order valence-electron chi connectivity index (χ3n) is 2.86. The molecule has 0 spiro atoms. The van der Waals surface area contributed by atoms with Crippen LogP contribution in [0.15, 0.2) is 41.8 Å². The predicted octanol–water partition coefficient (Wildman–Crippen LogP) is 4.11. The van der Waals surface area contributed by atoms with Crippen LogP contribution in [0.4, 0.5) is 5.13 Å². The second kappa shape index (κ2) is 7.08. The molecule has 8 heteroatoms. The van der Waals surface area contributed by atoms with E-state index in [1.807, 2.05) is 18.4 Å². The first-order valence-electron chi connectivity index (χ1n) is 6.56. The Labute approximate surface area is 145 Å². The first kappa shape index (κ1) is 15.9. The van der Waals surface area contributed by atoms with Crippen molar-refractivity contribution >= 4 is 62.0 Å². The molecule has 0 aliphatic rings. The van der Waals surface area contributed by atoms with Crippen LogP contribution < -0.4 is 5.32 Å². The third kappa shape index (κ3) is 3.87. The van der Waals surface area contributed by atoms with E-state index in [-0.39, 0.29) is 5.91 Å². The number of carbonyl (C=O) groups is 1. The number of amides is 1. The van der Waals surface area contributed by atoms with Crippen molar-refractivity contribution in [3.8, 4) is 0 Å². The molecular weight excluding hydrogens is 352 g/mol. The van der Waals surface area contributed by atoms with Gasteiger partial charge in [-0.1, -0.05) is 40.8 Å². The first-order chi connectivity index (χ1) is 11.2. The first-order valence-corrected chi connectivity index (χ1v) is 8.98. The SMILES string of the molecule is CSc1ncc(/C=C/C(=O)Nc2nc3c(Cl)cccc3s2)cn1. The van der Waals surface area contributed by atoms with Crippen LogP contribution >= 0.6 is 34.7 Å². The number of halogens is 1. The number of anilines is 1. The van der Waals surface area contributed by atoms with Gasteiger partial charge in [0.15, 0.2) is 10.3 Å². The molecule has 1 amide bonds. The minimum atomic E-state index is -0.269. The third-order valence-corrected chi connectivity index (χ3v) is 4.67. The van der Waals surface area contributed by atoms with E-state index in [1.165, 1.54) is 29.2 Å². The zero-order valence-electron chi connectivity index (χ0n) is 12.0. The zero-order chi connectivity index (χ0) is 16.2. The number of benzene rings is 1. The van der Waals surface area contributed by atoms with Crippen LogP contribution in [0.1, 0.15) is 5.56 Å². The van der Waals surface area contributed by atoms with Crippen molar-refractivity contribution in [2.45, 2.75) is 5.16 Å². The molecule has 0 aliphatic carbocycles. The van der Waals surface area contributed by atoms with Gasteiger partial charge in [-0.3, -0.25) is 10.1 Å². The second-order valence-electron chi connectivity index (χ2n) is 4.43. The van der Waals surface area contributed by atoms with E-state index in [0.29, 0.717) is 20.8 Å². The fourth-order valence-electron chi connectivity index (χ4n) is 1.81. The molecule has 23 heavy (non-hydrogen) atoms. The van der Waals surface area contributed by atoms with Crippen LogP contribution in [0.3, 0.4) is 0 Å². The number of para-hydroxylation sites is 1. The van der Waals surface area contributed by atoms with Crippen molar-refractivity contribution in [3.63, 3.8) is 0 Å². The Hall–Kier alpha value is -1.96. The molecule has 3 aromatic rings. The Bertz CT molecular complexity index is 877. The van der Waals surface area contributed by atoms with Gasteiger partial charge in [0, 0.05) is 24.0 Å². The minimum Gasteiger partial charge on any atom is -0.298 e. The molecule has 0 atom stereocenters. The summed E-state index contributed by atoms with van der Waals surface area (Å²) in [6, 6.07) is 5.54. The number of aromatic nitrogens is 3. The summed E-state index contributed by atoms with van der Waals surface area (Å²) in [5.74, 6) is -0.269. The van der Waals surface area contributed by atoms with Crippen LogP contribution in [0.25, 0.3) is 16.3 Å². The zero-order valence-corrected chi connectivity index (χ0v) is 14.4. The predicted molar refractivity (Wildman–Crippen MR) is 96.1 cm³/mol. The van der Waals surface area contributed by atoms with Gasteiger partial charge in [-0.05, 0) is 24.5 Å². The normalized spacial score (nSPS) is 11.2. The van der Waals surface area contributed by atoms with E-state index in [1.54, 1.807) is 24.5 Å². The smallest absolute Gasteiger partial charge is 0.250 e. The Morgan fingerprint density at radius 3 is 2.83 bits per heavy atom. The Balaban J connectivity index is 1.70. The molecular formula is C15H11ClN4OS2. The highest BCUT2D eigenvalue weighted by Crippen LogP contribution is 2.30. The van der Waals surface area contributed by atoms with E-state index in [0.717, 1.165) is 10.3 Å². The second-order valence-corrected chi connectivity index (χ2v) is 6.64. The molecule has 0 radical (unpaired) electrons. The lowest BCUT2D eigenvalue weighted by Crippen LogP contribution is -2.07. The average Bonchev–Trinajstić information content (AvgIpc) is 2.97. The Kier molecular flexibility index (Phi) is 4.90. The fourth-order valence-corrected chi connectivity index (χ4v) is 3.29. The number of thioether (sulfide) groups is 1. The number of carbonyl (C=O) groups excluding carboxylic acids is 1. The lowest BCUT2D eigenvalue weighted by molar-refractivity contribution is -0.111. The van der Waals surface area contributed by atoms with Gasteiger partial charge in [0.2, 0.25) is 5.91 Å². The van der Waals surface area contributed by atoms with Gasteiger partial charge < -0.3 is 0 Å². The molecule has 1 aromatic carbocycles. The van der Waals surface area contributed by atoms with Crippen LogP contribution in [0, 0.1) is 0 Å². The number of thiazole rings is 1. The van der Waals surface area contributed by atoms with Crippen LogP contribution in [0.2, 0.25) is 5.02 Å². The van der Waals surface area contributed by atoms with Crippen molar-refractivity contribution in [2.24, 2.45) is 0 Å². The van der Waals surface area contributed by atoms with E-state index in [4.69, 9.17) is 11.6 Å². The summed E-state index contributed by atoms with van der Waals surface area (Å²) in [6.45, 7) is 0. The number of hydrogen-bond acceptors (Lipinski definition) is 6. The number of nitrogens with one attached hydrogen (secondary N) is 1. The molecule has 2 heterocycles. The minimum absolute atomic E-state index is 0.269. The van der Waals surface area contributed by atoms with Gasteiger partial charge in [0.25, 0.3) is 0 Å². The standard InChI is InChI=1S/C15H11ClN4OS2/c1-22-14-17-7-9(8-18-14)5-6-12(21)19-15-20-13-10(16)3-2-4-11(13)23-15/h2-8H,1H3,(H,19,20,21)/b6-5+. The topological polar surface area (TPSA) is 67.8 Å². The lowest BCUT2D eigenvalue weighted by atomic mass is 10.3. The van der Waals surface area contributed by atoms with Crippen molar-refractivity contribution in [1.82, 2.24) is 15.0 Å². The van der Waals surface area contributed by atoms with E-state index in [9.17, 15) is 4.79 Å². The number of hydrogen-bond donors (Lipinski definition) is 1. The summed E-state index contributed by atoms with van der Waals surface area (Å²) >= 11 is 8.92. The summed E-state index contributed by atoms with van der Waals surface area (Å²) in [7, 11) is 0. The quantitative estimate of drug-likeness (QED) is 0.429. The molecule has 0 saturated carbocycles. The summed E-state index contributed by atoms with van der Waals surface area (Å²) < 4.78 is 0.929. The largest absolute Gasteiger partial charge is 0.298 e. The van der Waals surface area contributed by atoms with Crippen molar-refractivity contribution < 1.29 is 4.79 Å². The number of nitrogens with zero attached hydrogens (tertiary/aromatic N) is 3. The average molecular weight is 363 g/mol. The molecule has 1 N–H and O–H groups in total. The highest BCUT2D eigenvalue weighted by atomic mass is 35.5. The van der Waals surface area contributed by atoms with Crippen LogP contribution in [0.5, 0.6) is 0 Å². The van der Waals surface area contributed by atoms with Gasteiger partial charge in [-0.15, -0.1) is 0 Å². The molecule has 116 valence electrons. The number of fused-ring (bicyclic) bond motifs is 1. The van der Waals surface area contributed by atoms with Crippen molar-refractivity contribution in [1.29, 1.82) is 0 Å². The Morgan fingerprint density at radius 1 is 1.35 bits per heavy atom. The van der Waals surface area contributed by atoms with Gasteiger partial charge in [0.05, 0.1) is 9.72 Å². The highest BCUT2D eigenvalue weighted by molar-refractivity contribution is 7.98. The van der Waals surface area contributed by atoms with Crippen LogP contribution in [-0.2, 0) is 4.79 Å². The van der Waals surface area contributed by atoms with Gasteiger partial charge in [-0.2, -0.15) is 0 Å². The summed E-state index contributed by atoms with van der Waals surface area (Å²) in [5.41, 5.74) is 1.45. The maximum atomic E-state index is 12.0. The molecule has 5 nitrogen and oxygen atoms in total. The summed E-state index contributed by atoms with van der Waals surface area (Å²) in [6.07, 6.45) is 8.31.